The highest BCUT2D eigenvalue weighted by Crippen LogP contribution is 2.33. The van der Waals surface area contributed by atoms with Gasteiger partial charge in [-0.2, -0.15) is 0 Å². The van der Waals surface area contributed by atoms with E-state index in [2.05, 4.69) is 6.07 Å². The van der Waals surface area contributed by atoms with Gasteiger partial charge in [-0.05, 0) is 65.5 Å². The highest BCUT2D eigenvalue weighted by Gasteiger charge is 2.21. The Labute approximate surface area is 109 Å². The van der Waals surface area contributed by atoms with E-state index < -0.39 is 0 Å². The van der Waals surface area contributed by atoms with Crippen molar-refractivity contribution in [3.8, 4) is 0 Å². The SMILES string of the molecule is Cc1cc(C2CCC(=O)CC2)cc(F)c1I. The lowest BCUT2D eigenvalue weighted by Gasteiger charge is -2.22. The minimum absolute atomic E-state index is 0.132. The molecule has 0 saturated heterocycles. The van der Waals surface area contributed by atoms with Gasteiger partial charge in [0.1, 0.15) is 11.6 Å². The monoisotopic (exact) mass is 332 g/mol. The standard InChI is InChI=1S/C13H14FIO/c1-8-6-10(7-12(14)13(8)15)9-2-4-11(16)5-3-9/h6-7,9H,2-5H2,1H3. The fraction of sp³-hybridized carbons (Fsp3) is 0.462. The van der Waals surface area contributed by atoms with Gasteiger partial charge < -0.3 is 0 Å². The Hall–Kier alpha value is -0.450. The van der Waals surface area contributed by atoms with Gasteiger partial charge >= 0.3 is 0 Å². The Balaban J connectivity index is 2.24. The first-order valence-electron chi connectivity index (χ1n) is 5.55. The molecule has 1 aromatic rings. The van der Waals surface area contributed by atoms with Gasteiger partial charge in [-0.25, -0.2) is 4.39 Å². The third-order valence-electron chi connectivity index (χ3n) is 3.25. The summed E-state index contributed by atoms with van der Waals surface area (Å²) in [4.78, 5) is 11.2. The van der Waals surface area contributed by atoms with Crippen molar-refractivity contribution in [2.75, 3.05) is 0 Å². The van der Waals surface area contributed by atoms with Crippen LogP contribution in [0.1, 0.15) is 42.7 Å². The van der Waals surface area contributed by atoms with E-state index in [0.29, 0.717) is 28.1 Å². The first-order valence-corrected chi connectivity index (χ1v) is 6.63. The van der Waals surface area contributed by atoms with Gasteiger partial charge in [0.15, 0.2) is 0 Å². The van der Waals surface area contributed by atoms with Crippen molar-refractivity contribution in [2.45, 2.75) is 38.5 Å². The number of carbonyl (C=O) groups excluding carboxylic acids is 1. The maximum absolute atomic E-state index is 13.6. The van der Waals surface area contributed by atoms with E-state index in [9.17, 15) is 9.18 Å². The molecular weight excluding hydrogens is 318 g/mol. The number of halogens is 2. The average Bonchev–Trinajstić information content (AvgIpc) is 2.26. The number of rotatable bonds is 1. The van der Waals surface area contributed by atoms with E-state index in [1.54, 1.807) is 6.07 Å². The molecule has 0 spiro atoms. The Morgan fingerprint density at radius 3 is 2.50 bits per heavy atom. The predicted octanol–water partition coefficient (Wildman–Crippen LogP) is 3.97. The van der Waals surface area contributed by atoms with Crippen LogP contribution in [-0.4, -0.2) is 5.78 Å². The average molecular weight is 332 g/mol. The Morgan fingerprint density at radius 2 is 1.94 bits per heavy atom. The zero-order valence-corrected chi connectivity index (χ0v) is 11.4. The van der Waals surface area contributed by atoms with Crippen LogP contribution in [0, 0.1) is 16.3 Å². The van der Waals surface area contributed by atoms with Crippen LogP contribution in [-0.2, 0) is 4.79 Å². The molecular formula is C13H14FIO. The van der Waals surface area contributed by atoms with Crippen LogP contribution in [0.5, 0.6) is 0 Å². The second-order valence-electron chi connectivity index (χ2n) is 4.45. The van der Waals surface area contributed by atoms with Crippen LogP contribution < -0.4 is 0 Å². The van der Waals surface area contributed by atoms with Crippen LogP contribution in [0.4, 0.5) is 4.39 Å². The van der Waals surface area contributed by atoms with Crippen LogP contribution in [0.2, 0.25) is 0 Å². The van der Waals surface area contributed by atoms with E-state index in [1.165, 1.54) is 0 Å². The molecule has 0 amide bonds. The minimum Gasteiger partial charge on any atom is -0.300 e. The highest BCUT2D eigenvalue weighted by molar-refractivity contribution is 14.1. The smallest absolute Gasteiger partial charge is 0.137 e. The number of ketones is 1. The molecule has 1 nitrogen and oxygen atoms in total. The Kier molecular flexibility index (Phi) is 3.62. The second kappa shape index (κ2) is 4.82. The summed E-state index contributed by atoms with van der Waals surface area (Å²) in [7, 11) is 0. The van der Waals surface area contributed by atoms with E-state index >= 15 is 0 Å². The molecule has 0 atom stereocenters. The van der Waals surface area contributed by atoms with Crippen LogP contribution >= 0.6 is 22.6 Å². The highest BCUT2D eigenvalue weighted by atomic mass is 127. The molecule has 0 aromatic heterocycles. The Morgan fingerprint density at radius 1 is 1.31 bits per heavy atom. The van der Waals surface area contributed by atoms with Gasteiger partial charge in [-0.15, -0.1) is 0 Å². The summed E-state index contributed by atoms with van der Waals surface area (Å²) >= 11 is 2.03. The molecule has 0 N–H and O–H groups in total. The molecule has 1 fully saturated rings. The molecule has 3 heteroatoms. The summed E-state index contributed by atoms with van der Waals surface area (Å²) in [5.74, 6) is 0.578. The molecule has 86 valence electrons. The molecule has 0 radical (unpaired) electrons. The zero-order valence-electron chi connectivity index (χ0n) is 9.22. The predicted molar refractivity (Wildman–Crippen MR) is 70.1 cm³/mol. The molecule has 0 aliphatic heterocycles. The number of aryl methyl sites for hydroxylation is 1. The lowest BCUT2D eigenvalue weighted by Crippen LogP contribution is -2.13. The first-order chi connectivity index (χ1) is 7.58. The molecule has 1 saturated carbocycles. The van der Waals surface area contributed by atoms with Crippen molar-refractivity contribution in [2.24, 2.45) is 0 Å². The van der Waals surface area contributed by atoms with Crippen molar-refractivity contribution in [3.05, 3.63) is 32.6 Å². The molecule has 0 bridgehead atoms. The van der Waals surface area contributed by atoms with Crippen molar-refractivity contribution in [1.82, 2.24) is 0 Å². The summed E-state index contributed by atoms with van der Waals surface area (Å²) in [6.07, 6.45) is 3.05. The Bertz CT molecular complexity index is 395. The third-order valence-corrected chi connectivity index (χ3v) is 4.61. The lowest BCUT2D eigenvalue weighted by molar-refractivity contribution is -0.120. The summed E-state index contributed by atoms with van der Waals surface area (Å²) in [6.45, 7) is 1.93. The molecule has 1 aliphatic carbocycles. The number of Topliss-reactive ketones (excluding diaryl/α,β-unsaturated/α-hetero) is 1. The summed E-state index contributed by atoms with van der Waals surface area (Å²) in [6, 6.07) is 3.69. The molecule has 0 heterocycles. The van der Waals surface area contributed by atoms with Crippen LogP contribution in [0.3, 0.4) is 0 Å². The van der Waals surface area contributed by atoms with Gasteiger partial charge in [0.05, 0.1) is 3.57 Å². The van der Waals surface area contributed by atoms with Gasteiger partial charge in [0.25, 0.3) is 0 Å². The van der Waals surface area contributed by atoms with Crippen molar-refractivity contribution in [3.63, 3.8) is 0 Å². The number of hydrogen-bond donors (Lipinski definition) is 0. The minimum atomic E-state index is -0.132. The van der Waals surface area contributed by atoms with Crippen LogP contribution in [0.15, 0.2) is 12.1 Å². The second-order valence-corrected chi connectivity index (χ2v) is 5.53. The lowest BCUT2D eigenvalue weighted by atomic mass is 9.83. The molecule has 1 aromatic carbocycles. The fourth-order valence-corrected chi connectivity index (χ4v) is 2.57. The molecule has 1 aliphatic rings. The number of benzene rings is 1. The summed E-state index contributed by atoms with van der Waals surface area (Å²) in [5, 5.41) is 0. The maximum Gasteiger partial charge on any atom is 0.137 e. The largest absolute Gasteiger partial charge is 0.300 e. The van der Waals surface area contributed by atoms with E-state index in [4.69, 9.17) is 0 Å². The maximum atomic E-state index is 13.6. The van der Waals surface area contributed by atoms with Crippen molar-refractivity contribution in [1.29, 1.82) is 0 Å². The van der Waals surface area contributed by atoms with Gasteiger partial charge in [-0.3, -0.25) is 4.79 Å². The summed E-state index contributed by atoms with van der Waals surface area (Å²) < 4.78 is 14.3. The van der Waals surface area contributed by atoms with Crippen molar-refractivity contribution >= 4 is 28.4 Å². The van der Waals surface area contributed by atoms with Crippen molar-refractivity contribution < 1.29 is 9.18 Å². The normalized spacial score (nSPS) is 17.8. The number of carbonyl (C=O) groups is 1. The van der Waals surface area contributed by atoms with E-state index in [0.717, 1.165) is 24.0 Å². The quantitative estimate of drug-likeness (QED) is 0.712. The molecule has 2 rings (SSSR count). The fourth-order valence-electron chi connectivity index (χ4n) is 2.26. The molecule has 0 unspecified atom stereocenters. The van der Waals surface area contributed by atoms with E-state index in [-0.39, 0.29) is 5.82 Å². The van der Waals surface area contributed by atoms with Gasteiger partial charge in [-0.1, -0.05) is 6.07 Å². The molecule has 16 heavy (non-hydrogen) atoms. The first kappa shape index (κ1) is 12.0. The number of hydrogen-bond acceptors (Lipinski definition) is 1. The summed E-state index contributed by atoms with van der Waals surface area (Å²) in [5.41, 5.74) is 2.05. The third kappa shape index (κ3) is 2.44. The van der Waals surface area contributed by atoms with Gasteiger partial charge in [0.2, 0.25) is 0 Å². The van der Waals surface area contributed by atoms with Gasteiger partial charge in [0, 0.05) is 12.8 Å². The zero-order chi connectivity index (χ0) is 11.7. The van der Waals surface area contributed by atoms with E-state index in [1.807, 2.05) is 29.5 Å². The van der Waals surface area contributed by atoms with Crippen LogP contribution in [0.25, 0.3) is 0 Å². The topological polar surface area (TPSA) is 17.1 Å².